The largest absolute Gasteiger partial charge is 0.443 e. The van der Waals surface area contributed by atoms with Gasteiger partial charge in [-0.3, -0.25) is 9.59 Å². The predicted octanol–water partition coefficient (Wildman–Crippen LogP) is 1.92. The topological polar surface area (TPSA) is 63.7 Å². The highest BCUT2D eigenvalue weighted by molar-refractivity contribution is 6.06. The second-order valence-corrected chi connectivity index (χ2v) is 5.35. The number of ether oxygens (including phenoxy) is 1. The van der Waals surface area contributed by atoms with E-state index in [1.165, 1.54) is 0 Å². The van der Waals surface area contributed by atoms with Crippen LogP contribution in [0, 0.1) is 5.92 Å². The molecule has 0 aromatic rings. The molecule has 1 fully saturated rings. The lowest BCUT2D eigenvalue weighted by Crippen LogP contribution is -2.49. The molecule has 1 atom stereocenters. The van der Waals surface area contributed by atoms with E-state index in [4.69, 9.17) is 4.74 Å². The molecular weight excluding hydrogens is 234 g/mol. The Morgan fingerprint density at radius 3 is 2.61 bits per heavy atom. The molecule has 1 aliphatic heterocycles. The zero-order valence-corrected chi connectivity index (χ0v) is 11.1. The minimum absolute atomic E-state index is 0.0819. The number of imide groups is 1. The Balaban J connectivity index is 2.75. The summed E-state index contributed by atoms with van der Waals surface area (Å²) < 4.78 is 5.14. The van der Waals surface area contributed by atoms with E-state index in [0.29, 0.717) is 6.42 Å². The van der Waals surface area contributed by atoms with Crippen LogP contribution in [0.15, 0.2) is 12.7 Å². The Kier molecular flexibility index (Phi) is 4.27. The first-order chi connectivity index (χ1) is 8.24. The Morgan fingerprint density at radius 1 is 1.50 bits per heavy atom. The van der Waals surface area contributed by atoms with E-state index in [-0.39, 0.29) is 24.7 Å². The summed E-state index contributed by atoms with van der Waals surface area (Å²) in [6.45, 7) is 8.83. The van der Waals surface area contributed by atoms with Gasteiger partial charge in [0.25, 0.3) is 0 Å². The Morgan fingerprint density at radius 2 is 2.11 bits per heavy atom. The molecule has 0 aromatic carbocycles. The molecule has 2 amide bonds. The summed E-state index contributed by atoms with van der Waals surface area (Å²) in [5.41, 5.74) is -0.660. The fourth-order valence-corrected chi connectivity index (χ4v) is 1.71. The van der Waals surface area contributed by atoms with Gasteiger partial charge in [-0.05, 0) is 27.2 Å². The van der Waals surface area contributed by atoms with E-state index >= 15 is 0 Å². The second kappa shape index (κ2) is 5.33. The van der Waals surface area contributed by atoms with Gasteiger partial charge in [0.15, 0.2) is 0 Å². The van der Waals surface area contributed by atoms with E-state index in [9.17, 15) is 14.4 Å². The van der Waals surface area contributed by atoms with Crippen molar-refractivity contribution in [2.45, 2.75) is 39.2 Å². The molecule has 5 nitrogen and oxygen atoms in total. The van der Waals surface area contributed by atoms with Crippen molar-refractivity contribution < 1.29 is 19.1 Å². The highest BCUT2D eigenvalue weighted by Crippen LogP contribution is 2.20. The third-order valence-electron chi connectivity index (χ3n) is 2.55. The SMILES string of the molecule is C=CCC1CN(C(=O)OC(C)(C)C)C(=O)CC1=O. The van der Waals surface area contributed by atoms with Crippen LogP contribution in [0.25, 0.3) is 0 Å². The molecular formula is C13H19NO4. The zero-order chi connectivity index (χ0) is 13.9. The van der Waals surface area contributed by atoms with E-state index in [1.807, 2.05) is 0 Å². The molecule has 0 spiro atoms. The number of likely N-dealkylation sites (tertiary alicyclic amines) is 1. The third kappa shape index (κ3) is 3.68. The number of carbonyl (C=O) groups excluding carboxylic acids is 3. The van der Waals surface area contributed by atoms with E-state index in [0.717, 1.165) is 4.90 Å². The van der Waals surface area contributed by atoms with Crippen molar-refractivity contribution in [3.8, 4) is 0 Å². The van der Waals surface area contributed by atoms with Gasteiger partial charge >= 0.3 is 6.09 Å². The molecule has 1 saturated heterocycles. The van der Waals surface area contributed by atoms with Crippen LogP contribution >= 0.6 is 0 Å². The fraction of sp³-hybridized carbons (Fsp3) is 0.615. The highest BCUT2D eigenvalue weighted by Gasteiger charge is 2.37. The lowest BCUT2D eigenvalue weighted by Gasteiger charge is -2.31. The number of Topliss-reactive ketones (excluding diaryl/α,β-unsaturated/α-hetero) is 1. The van der Waals surface area contributed by atoms with Crippen molar-refractivity contribution in [3.63, 3.8) is 0 Å². The molecule has 18 heavy (non-hydrogen) atoms. The summed E-state index contributed by atoms with van der Waals surface area (Å²) in [7, 11) is 0. The van der Waals surface area contributed by atoms with Crippen LogP contribution in [0.3, 0.4) is 0 Å². The van der Waals surface area contributed by atoms with Crippen LogP contribution in [-0.2, 0) is 14.3 Å². The van der Waals surface area contributed by atoms with Gasteiger partial charge in [0, 0.05) is 12.5 Å². The molecule has 0 aliphatic carbocycles. The number of nitrogens with zero attached hydrogens (tertiary/aromatic N) is 1. The summed E-state index contributed by atoms with van der Waals surface area (Å²) in [4.78, 5) is 36.1. The fourth-order valence-electron chi connectivity index (χ4n) is 1.71. The van der Waals surface area contributed by atoms with Crippen molar-refractivity contribution in [2.24, 2.45) is 5.92 Å². The molecule has 1 heterocycles. The lowest BCUT2D eigenvalue weighted by atomic mass is 9.93. The first kappa shape index (κ1) is 14.4. The second-order valence-electron chi connectivity index (χ2n) is 5.35. The van der Waals surface area contributed by atoms with Gasteiger partial charge in [-0.15, -0.1) is 6.58 Å². The normalized spacial score (nSPS) is 20.8. The summed E-state index contributed by atoms with van der Waals surface area (Å²) in [5.74, 6) is -0.984. The summed E-state index contributed by atoms with van der Waals surface area (Å²) in [5, 5.41) is 0. The Labute approximate surface area is 107 Å². The minimum atomic E-state index is -0.686. The number of hydrogen-bond acceptors (Lipinski definition) is 4. The first-order valence-corrected chi connectivity index (χ1v) is 5.91. The zero-order valence-electron chi connectivity index (χ0n) is 11.1. The van der Waals surface area contributed by atoms with Crippen molar-refractivity contribution in [2.75, 3.05) is 6.54 Å². The number of ketones is 1. The van der Waals surface area contributed by atoms with E-state index in [1.54, 1.807) is 26.8 Å². The number of hydrogen-bond donors (Lipinski definition) is 0. The van der Waals surface area contributed by atoms with E-state index < -0.39 is 17.6 Å². The molecule has 1 rings (SSSR count). The van der Waals surface area contributed by atoms with Gasteiger partial charge in [-0.1, -0.05) is 6.08 Å². The predicted molar refractivity (Wildman–Crippen MR) is 65.9 cm³/mol. The first-order valence-electron chi connectivity index (χ1n) is 5.91. The van der Waals surface area contributed by atoms with Crippen LogP contribution in [0.1, 0.15) is 33.6 Å². The molecule has 0 bridgehead atoms. The standard InChI is InChI=1S/C13H19NO4/c1-5-6-9-8-14(11(16)7-10(9)15)12(17)18-13(2,3)4/h5,9H,1,6-8H2,2-4H3. The lowest BCUT2D eigenvalue weighted by molar-refractivity contribution is -0.141. The van der Waals surface area contributed by atoms with Gasteiger partial charge in [0.1, 0.15) is 11.4 Å². The van der Waals surface area contributed by atoms with Crippen LogP contribution < -0.4 is 0 Å². The monoisotopic (exact) mass is 253 g/mol. The third-order valence-corrected chi connectivity index (χ3v) is 2.55. The number of allylic oxidation sites excluding steroid dienone is 1. The maximum atomic E-state index is 11.8. The van der Waals surface area contributed by atoms with Crippen molar-refractivity contribution in [3.05, 3.63) is 12.7 Å². The average molecular weight is 253 g/mol. The van der Waals surface area contributed by atoms with E-state index in [2.05, 4.69) is 6.58 Å². The average Bonchev–Trinajstić information content (AvgIpc) is 2.19. The van der Waals surface area contributed by atoms with Crippen molar-refractivity contribution >= 4 is 17.8 Å². The molecule has 5 heteroatoms. The number of rotatable bonds is 2. The maximum absolute atomic E-state index is 11.8. The highest BCUT2D eigenvalue weighted by atomic mass is 16.6. The number of piperidine rings is 1. The molecule has 1 aliphatic rings. The smallest absolute Gasteiger partial charge is 0.417 e. The van der Waals surface area contributed by atoms with Gasteiger partial charge < -0.3 is 4.74 Å². The quantitative estimate of drug-likeness (QED) is 0.557. The van der Waals surface area contributed by atoms with Crippen LogP contribution in [0.5, 0.6) is 0 Å². The minimum Gasteiger partial charge on any atom is -0.443 e. The Hall–Kier alpha value is -1.65. The number of amides is 2. The van der Waals surface area contributed by atoms with Gasteiger partial charge in [-0.25, -0.2) is 9.69 Å². The van der Waals surface area contributed by atoms with Crippen LogP contribution in [0.4, 0.5) is 4.79 Å². The van der Waals surface area contributed by atoms with Crippen molar-refractivity contribution in [1.82, 2.24) is 4.90 Å². The molecule has 1 unspecified atom stereocenters. The van der Waals surface area contributed by atoms with Crippen molar-refractivity contribution in [1.29, 1.82) is 0 Å². The molecule has 0 saturated carbocycles. The molecule has 0 N–H and O–H groups in total. The number of carbonyl (C=O) groups is 3. The summed E-state index contributed by atoms with van der Waals surface area (Å²) >= 11 is 0. The van der Waals surface area contributed by atoms with Crippen LogP contribution in [0.2, 0.25) is 0 Å². The summed E-state index contributed by atoms with van der Waals surface area (Å²) in [6.07, 6.45) is 1.16. The maximum Gasteiger partial charge on any atom is 0.417 e. The summed E-state index contributed by atoms with van der Waals surface area (Å²) in [6, 6.07) is 0. The van der Waals surface area contributed by atoms with Gasteiger partial charge in [-0.2, -0.15) is 0 Å². The Bertz CT molecular complexity index is 381. The molecule has 0 radical (unpaired) electrons. The molecule has 0 aromatic heterocycles. The molecule has 100 valence electrons. The van der Waals surface area contributed by atoms with Crippen LogP contribution in [-0.4, -0.2) is 34.8 Å². The van der Waals surface area contributed by atoms with Gasteiger partial charge in [0.2, 0.25) is 5.91 Å². The van der Waals surface area contributed by atoms with Gasteiger partial charge in [0.05, 0.1) is 6.42 Å².